The third-order valence-electron chi connectivity index (χ3n) is 2.19. The number of aromatic nitrogens is 1. The van der Waals surface area contributed by atoms with E-state index in [0.29, 0.717) is 5.13 Å². The summed E-state index contributed by atoms with van der Waals surface area (Å²) < 4.78 is 0. The molecule has 2 aromatic rings. The van der Waals surface area contributed by atoms with Gasteiger partial charge in [0, 0.05) is 18.8 Å². The van der Waals surface area contributed by atoms with E-state index in [0.717, 1.165) is 16.1 Å². The van der Waals surface area contributed by atoms with Crippen molar-refractivity contribution >= 4 is 34.0 Å². The van der Waals surface area contributed by atoms with Crippen LogP contribution in [0, 0.1) is 0 Å². The molecule has 5 N–H and O–H groups in total. The molecule has 0 aliphatic rings. The molecule has 0 bridgehead atoms. The van der Waals surface area contributed by atoms with Crippen molar-refractivity contribution in [1.29, 1.82) is 0 Å². The highest BCUT2D eigenvalue weighted by Crippen LogP contribution is 2.31. The van der Waals surface area contributed by atoms with Crippen LogP contribution in [0.25, 0.3) is 10.4 Å². The molecule has 2 rings (SSSR count). The molecule has 1 heterocycles. The van der Waals surface area contributed by atoms with Gasteiger partial charge >= 0.3 is 0 Å². The second kappa shape index (κ2) is 5.49. The topological polar surface area (TPSA) is 106 Å². The number of nitrogens with two attached hydrogens (primary N) is 2. The molecule has 6 nitrogen and oxygen atoms in total. The lowest BCUT2D eigenvalue weighted by Crippen LogP contribution is -2.21. The third kappa shape index (κ3) is 3.52. The van der Waals surface area contributed by atoms with Crippen LogP contribution in [-0.2, 0) is 4.79 Å². The van der Waals surface area contributed by atoms with Crippen molar-refractivity contribution in [2.45, 2.75) is 6.92 Å². The van der Waals surface area contributed by atoms with Crippen molar-refractivity contribution in [2.75, 3.05) is 5.32 Å². The van der Waals surface area contributed by atoms with Gasteiger partial charge in [0.25, 0.3) is 0 Å². The van der Waals surface area contributed by atoms with Crippen LogP contribution in [0.2, 0.25) is 0 Å². The normalized spacial score (nSPS) is 9.95. The molecule has 19 heavy (non-hydrogen) atoms. The quantitative estimate of drug-likeness (QED) is 0.585. The molecule has 0 atom stereocenters. The number of hydrogen-bond donors (Lipinski definition) is 3. The zero-order valence-corrected chi connectivity index (χ0v) is 11.1. The maximum atomic E-state index is 11.0. The maximum Gasteiger partial charge on any atom is 0.221 e. The number of benzene rings is 1. The Labute approximate surface area is 114 Å². The third-order valence-corrected chi connectivity index (χ3v) is 3.13. The average molecular weight is 275 g/mol. The van der Waals surface area contributed by atoms with Crippen LogP contribution >= 0.6 is 11.3 Å². The minimum Gasteiger partial charge on any atom is -0.370 e. The molecular weight excluding hydrogens is 262 g/mol. The number of hydrogen-bond acceptors (Lipinski definition) is 4. The van der Waals surface area contributed by atoms with Crippen molar-refractivity contribution in [1.82, 2.24) is 4.98 Å². The molecule has 1 aromatic heterocycles. The fourth-order valence-corrected chi connectivity index (χ4v) is 2.32. The highest BCUT2D eigenvalue weighted by Gasteiger charge is 2.05. The van der Waals surface area contributed by atoms with E-state index in [1.54, 1.807) is 6.20 Å². The summed E-state index contributed by atoms with van der Waals surface area (Å²) in [6, 6.07) is 7.48. The minimum absolute atomic E-state index is 0.0205. The zero-order valence-electron chi connectivity index (χ0n) is 10.3. The molecule has 0 saturated carbocycles. The predicted molar refractivity (Wildman–Crippen MR) is 77.3 cm³/mol. The van der Waals surface area contributed by atoms with Crippen molar-refractivity contribution in [3.05, 3.63) is 30.5 Å². The van der Waals surface area contributed by atoms with Gasteiger partial charge in [-0.3, -0.25) is 4.79 Å². The van der Waals surface area contributed by atoms with E-state index in [4.69, 9.17) is 11.5 Å². The van der Waals surface area contributed by atoms with Crippen LogP contribution in [0.3, 0.4) is 0 Å². The van der Waals surface area contributed by atoms with E-state index >= 15 is 0 Å². The van der Waals surface area contributed by atoms with Gasteiger partial charge in [-0.2, -0.15) is 4.99 Å². The number of carbonyl (C=O) groups excluding carboxylic acids is 1. The average Bonchev–Trinajstić information content (AvgIpc) is 2.76. The monoisotopic (exact) mass is 275 g/mol. The van der Waals surface area contributed by atoms with Gasteiger partial charge in [-0.1, -0.05) is 23.5 Å². The van der Waals surface area contributed by atoms with E-state index in [9.17, 15) is 4.79 Å². The van der Waals surface area contributed by atoms with Gasteiger partial charge in [0.15, 0.2) is 5.96 Å². The number of thiazole rings is 1. The standard InChI is InChI=1S/C12H13N5OS/c1-7(18)16-9-4-2-3-8(5-9)10-6-15-12(19-10)17-11(13)14/h2-6H,1H3,(H,16,18)(H4,13,14,15,17). The lowest BCUT2D eigenvalue weighted by molar-refractivity contribution is -0.114. The molecule has 0 spiro atoms. The SMILES string of the molecule is CC(=O)Nc1cccc(-c2cnc(N=C(N)N)s2)c1. The highest BCUT2D eigenvalue weighted by atomic mass is 32.1. The maximum absolute atomic E-state index is 11.0. The van der Waals surface area contributed by atoms with Crippen molar-refractivity contribution in [2.24, 2.45) is 16.5 Å². The van der Waals surface area contributed by atoms with E-state index in [1.165, 1.54) is 18.3 Å². The summed E-state index contributed by atoms with van der Waals surface area (Å²) >= 11 is 1.37. The number of carbonyl (C=O) groups is 1. The van der Waals surface area contributed by atoms with Crippen LogP contribution in [-0.4, -0.2) is 16.9 Å². The molecule has 0 unspecified atom stereocenters. The largest absolute Gasteiger partial charge is 0.370 e. The van der Waals surface area contributed by atoms with Gasteiger partial charge in [0.05, 0.1) is 4.88 Å². The van der Waals surface area contributed by atoms with E-state index in [1.807, 2.05) is 24.3 Å². The second-order valence-electron chi connectivity index (χ2n) is 3.81. The van der Waals surface area contributed by atoms with Gasteiger partial charge in [-0.05, 0) is 17.7 Å². The second-order valence-corrected chi connectivity index (χ2v) is 4.81. The lowest BCUT2D eigenvalue weighted by atomic mass is 10.2. The first kappa shape index (κ1) is 13.0. The van der Waals surface area contributed by atoms with E-state index in [2.05, 4.69) is 15.3 Å². The Morgan fingerprint density at radius 3 is 2.89 bits per heavy atom. The summed E-state index contributed by atoms with van der Waals surface area (Å²) in [5, 5.41) is 3.23. The van der Waals surface area contributed by atoms with Gasteiger partial charge in [-0.25, -0.2) is 4.98 Å². The molecular formula is C12H13N5OS. The summed E-state index contributed by atoms with van der Waals surface area (Å²) in [6.45, 7) is 1.47. The van der Waals surface area contributed by atoms with Gasteiger partial charge < -0.3 is 16.8 Å². The van der Waals surface area contributed by atoms with Gasteiger partial charge in [0.1, 0.15) is 0 Å². The fraction of sp³-hybridized carbons (Fsp3) is 0.0833. The molecule has 0 fully saturated rings. The first-order valence-corrected chi connectivity index (χ1v) is 6.30. The summed E-state index contributed by atoms with van der Waals surface area (Å²) in [5.41, 5.74) is 12.3. The molecule has 0 aliphatic heterocycles. The fourth-order valence-electron chi connectivity index (χ4n) is 1.51. The number of nitrogens with zero attached hydrogens (tertiary/aromatic N) is 2. The smallest absolute Gasteiger partial charge is 0.221 e. The Hall–Kier alpha value is -2.41. The number of anilines is 1. The Bertz CT molecular complexity index is 631. The van der Waals surface area contributed by atoms with Crippen molar-refractivity contribution < 1.29 is 4.79 Å². The van der Waals surface area contributed by atoms with Gasteiger partial charge in [0.2, 0.25) is 11.0 Å². The first-order valence-electron chi connectivity index (χ1n) is 5.48. The summed E-state index contributed by atoms with van der Waals surface area (Å²) in [7, 11) is 0. The predicted octanol–water partition coefficient (Wildman–Crippen LogP) is 1.67. The lowest BCUT2D eigenvalue weighted by Gasteiger charge is -2.03. The molecule has 0 saturated heterocycles. The van der Waals surface area contributed by atoms with Gasteiger partial charge in [-0.15, -0.1) is 0 Å². The Kier molecular flexibility index (Phi) is 3.76. The Morgan fingerprint density at radius 2 is 2.21 bits per heavy atom. The van der Waals surface area contributed by atoms with E-state index < -0.39 is 0 Å². The van der Waals surface area contributed by atoms with Crippen LogP contribution in [0.5, 0.6) is 0 Å². The number of rotatable bonds is 3. The molecule has 98 valence electrons. The molecule has 1 amide bonds. The number of guanidine groups is 1. The molecule has 1 aromatic carbocycles. The first-order chi connectivity index (χ1) is 9.04. The highest BCUT2D eigenvalue weighted by molar-refractivity contribution is 7.18. The Morgan fingerprint density at radius 1 is 1.42 bits per heavy atom. The minimum atomic E-state index is -0.109. The van der Waals surface area contributed by atoms with Crippen LogP contribution < -0.4 is 16.8 Å². The Balaban J connectivity index is 2.29. The van der Waals surface area contributed by atoms with Crippen LogP contribution in [0.1, 0.15) is 6.92 Å². The zero-order chi connectivity index (χ0) is 13.8. The molecule has 7 heteroatoms. The van der Waals surface area contributed by atoms with Crippen LogP contribution in [0.4, 0.5) is 10.8 Å². The van der Waals surface area contributed by atoms with E-state index in [-0.39, 0.29) is 11.9 Å². The van der Waals surface area contributed by atoms with Crippen molar-refractivity contribution in [3.8, 4) is 10.4 Å². The molecule has 0 radical (unpaired) electrons. The molecule has 0 aliphatic carbocycles. The number of amides is 1. The summed E-state index contributed by atoms with van der Waals surface area (Å²) in [4.78, 5) is 19.9. The number of nitrogens with one attached hydrogen (secondary N) is 1. The number of aliphatic imine (C=N–C) groups is 1. The summed E-state index contributed by atoms with van der Waals surface area (Å²) in [6.07, 6.45) is 1.69. The van der Waals surface area contributed by atoms with Crippen LogP contribution in [0.15, 0.2) is 35.5 Å². The summed E-state index contributed by atoms with van der Waals surface area (Å²) in [5.74, 6) is -0.129. The van der Waals surface area contributed by atoms with Crippen molar-refractivity contribution in [3.63, 3.8) is 0 Å².